The Morgan fingerprint density at radius 2 is 1.79 bits per heavy atom. The number of rotatable bonds is 2. The molecule has 0 radical (unpaired) electrons. The summed E-state index contributed by atoms with van der Waals surface area (Å²) in [5.41, 5.74) is 5.71. The summed E-state index contributed by atoms with van der Waals surface area (Å²) in [7, 11) is 0. The Morgan fingerprint density at radius 3 is 2.32 bits per heavy atom. The maximum atomic E-state index is 12.6. The Kier molecular flexibility index (Phi) is 3.65. The molecule has 19 heavy (non-hydrogen) atoms. The standard InChI is InChI=1S/C14H19F3N2/c1-13(7-3-2-4-8-13)19-12-6-5-10(9-11(12)18)14(15,16)17/h5-6,9,19H,2-4,7-8,18H2,1H3. The van der Waals surface area contributed by atoms with E-state index in [-0.39, 0.29) is 11.2 Å². The van der Waals surface area contributed by atoms with E-state index < -0.39 is 11.7 Å². The van der Waals surface area contributed by atoms with Crippen molar-refractivity contribution >= 4 is 11.4 Å². The quantitative estimate of drug-likeness (QED) is 0.782. The lowest BCUT2D eigenvalue weighted by Crippen LogP contribution is -2.37. The number of hydrogen-bond donors (Lipinski definition) is 2. The molecule has 5 heteroatoms. The summed E-state index contributed by atoms with van der Waals surface area (Å²) in [5, 5.41) is 3.31. The van der Waals surface area contributed by atoms with Crippen LogP contribution in [0.3, 0.4) is 0 Å². The van der Waals surface area contributed by atoms with Gasteiger partial charge in [0.25, 0.3) is 0 Å². The zero-order chi connectivity index (χ0) is 14.1. The van der Waals surface area contributed by atoms with Crippen LogP contribution in [0.5, 0.6) is 0 Å². The number of halogens is 3. The van der Waals surface area contributed by atoms with E-state index in [1.165, 1.54) is 12.5 Å². The summed E-state index contributed by atoms with van der Waals surface area (Å²) < 4.78 is 37.7. The molecule has 1 aromatic carbocycles. The molecule has 2 nitrogen and oxygen atoms in total. The van der Waals surface area contributed by atoms with Crippen molar-refractivity contribution < 1.29 is 13.2 Å². The summed E-state index contributed by atoms with van der Waals surface area (Å²) in [6.45, 7) is 2.10. The van der Waals surface area contributed by atoms with E-state index in [9.17, 15) is 13.2 Å². The minimum absolute atomic E-state index is 0.0634. The van der Waals surface area contributed by atoms with Crippen LogP contribution in [0.15, 0.2) is 18.2 Å². The van der Waals surface area contributed by atoms with Gasteiger partial charge in [-0.1, -0.05) is 19.3 Å². The maximum absolute atomic E-state index is 12.6. The smallest absolute Gasteiger partial charge is 0.397 e. The number of alkyl halides is 3. The van der Waals surface area contributed by atoms with E-state index >= 15 is 0 Å². The molecule has 0 aliphatic heterocycles. The highest BCUT2D eigenvalue weighted by Crippen LogP contribution is 2.36. The number of benzene rings is 1. The minimum Gasteiger partial charge on any atom is -0.397 e. The van der Waals surface area contributed by atoms with Crippen LogP contribution in [0, 0.1) is 0 Å². The lowest BCUT2D eigenvalue weighted by Gasteiger charge is -2.36. The molecule has 1 aromatic rings. The molecule has 1 aliphatic carbocycles. The molecule has 1 saturated carbocycles. The predicted octanol–water partition coefficient (Wildman–Crippen LogP) is 4.42. The highest BCUT2D eigenvalue weighted by molar-refractivity contribution is 5.68. The zero-order valence-electron chi connectivity index (χ0n) is 11.0. The van der Waals surface area contributed by atoms with Gasteiger partial charge < -0.3 is 11.1 Å². The summed E-state index contributed by atoms with van der Waals surface area (Å²) in [5.74, 6) is 0. The fourth-order valence-corrected chi connectivity index (χ4v) is 2.64. The second kappa shape index (κ2) is 4.94. The van der Waals surface area contributed by atoms with Gasteiger partial charge in [0.1, 0.15) is 0 Å². The Labute approximate surface area is 111 Å². The molecule has 1 aliphatic rings. The summed E-state index contributed by atoms with van der Waals surface area (Å²) in [6, 6.07) is 3.50. The van der Waals surface area contributed by atoms with Gasteiger partial charge in [0.15, 0.2) is 0 Å². The largest absolute Gasteiger partial charge is 0.416 e. The molecule has 0 bridgehead atoms. The van der Waals surface area contributed by atoms with Crippen molar-refractivity contribution in [3.8, 4) is 0 Å². The van der Waals surface area contributed by atoms with Crippen molar-refractivity contribution in [2.45, 2.75) is 50.7 Å². The van der Waals surface area contributed by atoms with Gasteiger partial charge in [-0.25, -0.2) is 0 Å². The van der Waals surface area contributed by atoms with Crippen molar-refractivity contribution in [3.63, 3.8) is 0 Å². The highest BCUT2D eigenvalue weighted by Gasteiger charge is 2.32. The first kappa shape index (κ1) is 14.0. The average Bonchev–Trinajstić information content (AvgIpc) is 2.31. The lowest BCUT2D eigenvalue weighted by atomic mass is 9.83. The molecule has 3 N–H and O–H groups in total. The summed E-state index contributed by atoms with van der Waals surface area (Å²) in [6.07, 6.45) is 1.20. The molecule has 0 amide bonds. The van der Waals surface area contributed by atoms with Gasteiger partial charge in [-0.3, -0.25) is 0 Å². The first-order valence-electron chi connectivity index (χ1n) is 6.55. The number of hydrogen-bond acceptors (Lipinski definition) is 2. The molecule has 0 heterocycles. The fraction of sp³-hybridized carbons (Fsp3) is 0.571. The van der Waals surface area contributed by atoms with Gasteiger partial charge in [0.05, 0.1) is 16.9 Å². The lowest BCUT2D eigenvalue weighted by molar-refractivity contribution is -0.137. The van der Waals surface area contributed by atoms with Crippen LogP contribution in [-0.2, 0) is 6.18 Å². The molecule has 0 aromatic heterocycles. The van der Waals surface area contributed by atoms with Gasteiger partial charge in [0, 0.05) is 5.54 Å². The first-order valence-corrected chi connectivity index (χ1v) is 6.55. The topological polar surface area (TPSA) is 38.0 Å². The second-order valence-electron chi connectivity index (χ2n) is 5.55. The zero-order valence-corrected chi connectivity index (χ0v) is 11.0. The van der Waals surface area contributed by atoms with E-state index in [0.29, 0.717) is 5.69 Å². The Morgan fingerprint density at radius 1 is 1.16 bits per heavy atom. The van der Waals surface area contributed by atoms with Gasteiger partial charge in [-0.15, -0.1) is 0 Å². The third-order valence-corrected chi connectivity index (χ3v) is 3.77. The summed E-state index contributed by atoms with van der Waals surface area (Å²) >= 11 is 0. The monoisotopic (exact) mass is 272 g/mol. The molecule has 0 saturated heterocycles. The minimum atomic E-state index is -4.35. The third-order valence-electron chi connectivity index (χ3n) is 3.77. The van der Waals surface area contributed by atoms with Crippen molar-refractivity contribution in [3.05, 3.63) is 23.8 Å². The van der Waals surface area contributed by atoms with Gasteiger partial charge >= 0.3 is 6.18 Å². The van der Waals surface area contributed by atoms with Gasteiger partial charge in [-0.05, 0) is 38.0 Å². The molecule has 106 valence electrons. The second-order valence-corrected chi connectivity index (χ2v) is 5.55. The maximum Gasteiger partial charge on any atom is 0.416 e. The Bertz CT molecular complexity index is 448. The fourth-order valence-electron chi connectivity index (χ4n) is 2.64. The average molecular weight is 272 g/mol. The van der Waals surface area contributed by atoms with Crippen molar-refractivity contribution in [2.75, 3.05) is 11.1 Å². The van der Waals surface area contributed by atoms with Gasteiger partial charge in [0.2, 0.25) is 0 Å². The molecular weight excluding hydrogens is 253 g/mol. The van der Waals surface area contributed by atoms with E-state index in [4.69, 9.17) is 5.73 Å². The molecule has 0 atom stereocenters. The first-order chi connectivity index (χ1) is 8.80. The van der Waals surface area contributed by atoms with Crippen molar-refractivity contribution in [1.29, 1.82) is 0 Å². The SMILES string of the molecule is CC1(Nc2ccc(C(F)(F)F)cc2N)CCCCC1. The molecular formula is C14H19F3N2. The number of anilines is 2. The van der Waals surface area contributed by atoms with E-state index in [1.807, 2.05) is 0 Å². The van der Waals surface area contributed by atoms with Crippen LogP contribution >= 0.6 is 0 Å². The number of nitrogens with one attached hydrogen (secondary N) is 1. The number of nitrogen functional groups attached to an aromatic ring is 1. The molecule has 2 rings (SSSR count). The van der Waals surface area contributed by atoms with E-state index in [0.717, 1.165) is 37.8 Å². The van der Waals surface area contributed by atoms with Crippen LogP contribution in [0.1, 0.15) is 44.6 Å². The van der Waals surface area contributed by atoms with Gasteiger partial charge in [-0.2, -0.15) is 13.2 Å². The Balaban J connectivity index is 2.17. The van der Waals surface area contributed by atoms with E-state index in [1.54, 1.807) is 0 Å². The summed E-state index contributed by atoms with van der Waals surface area (Å²) in [4.78, 5) is 0. The molecule has 0 spiro atoms. The third kappa shape index (κ3) is 3.33. The van der Waals surface area contributed by atoms with Crippen molar-refractivity contribution in [1.82, 2.24) is 0 Å². The predicted molar refractivity (Wildman–Crippen MR) is 71.0 cm³/mol. The molecule has 0 unspecified atom stereocenters. The van der Waals surface area contributed by atoms with Crippen LogP contribution < -0.4 is 11.1 Å². The van der Waals surface area contributed by atoms with Crippen LogP contribution in [-0.4, -0.2) is 5.54 Å². The highest BCUT2D eigenvalue weighted by atomic mass is 19.4. The van der Waals surface area contributed by atoms with Crippen LogP contribution in [0.25, 0.3) is 0 Å². The van der Waals surface area contributed by atoms with Crippen LogP contribution in [0.4, 0.5) is 24.5 Å². The van der Waals surface area contributed by atoms with E-state index in [2.05, 4.69) is 12.2 Å². The number of nitrogens with two attached hydrogens (primary N) is 1. The van der Waals surface area contributed by atoms with Crippen LogP contribution in [0.2, 0.25) is 0 Å². The van der Waals surface area contributed by atoms with Crippen molar-refractivity contribution in [2.24, 2.45) is 0 Å². The molecule has 1 fully saturated rings. The normalized spacial score (nSPS) is 19.2. The Hall–Kier alpha value is -1.39.